The van der Waals surface area contributed by atoms with E-state index < -0.39 is 15.5 Å². The third-order valence-corrected chi connectivity index (χ3v) is 5.64. The Labute approximate surface area is 149 Å². The third-order valence-electron chi connectivity index (χ3n) is 3.73. The van der Waals surface area contributed by atoms with Gasteiger partial charge >= 0.3 is 0 Å². The summed E-state index contributed by atoms with van der Waals surface area (Å²) in [5.74, 6) is 0.590. The zero-order valence-corrected chi connectivity index (χ0v) is 15.0. The molecule has 0 bridgehead atoms. The van der Waals surface area contributed by atoms with Crippen molar-refractivity contribution in [1.82, 2.24) is 5.32 Å². The van der Waals surface area contributed by atoms with Crippen LogP contribution in [-0.2, 0) is 10.0 Å². The molecule has 2 aromatic rings. The van der Waals surface area contributed by atoms with E-state index in [1.807, 2.05) is 37.3 Å². The Balaban J connectivity index is 0.00000208. The highest BCUT2D eigenvalue weighted by molar-refractivity contribution is 7.93. The molecule has 0 saturated carbocycles. The number of hydrogen-bond acceptors (Lipinski definition) is 4. The van der Waals surface area contributed by atoms with E-state index in [1.165, 1.54) is 4.31 Å². The molecule has 0 aromatic heterocycles. The number of anilines is 2. The van der Waals surface area contributed by atoms with Crippen LogP contribution in [0.1, 0.15) is 13.3 Å². The first-order valence-corrected chi connectivity index (χ1v) is 9.20. The third kappa shape index (κ3) is 3.50. The number of para-hydroxylation sites is 3. The van der Waals surface area contributed by atoms with Crippen LogP contribution >= 0.6 is 12.4 Å². The first kappa shape index (κ1) is 18.6. The molecule has 24 heavy (non-hydrogen) atoms. The van der Waals surface area contributed by atoms with Gasteiger partial charge < -0.3 is 10.1 Å². The standard InChI is InChI=1S/C17H20N2O3S.ClH/c1-2-18-13-12-17-22-16-11-7-6-10-15(16)19(23(17,20)21)14-8-4-3-5-9-14;/h3-11,17-18H,2,12-13H2,1H3;1H. The van der Waals surface area contributed by atoms with Crippen molar-refractivity contribution in [1.29, 1.82) is 0 Å². The van der Waals surface area contributed by atoms with Gasteiger partial charge in [-0.15, -0.1) is 12.4 Å². The quantitative estimate of drug-likeness (QED) is 0.823. The fourth-order valence-electron chi connectivity index (χ4n) is 2.64. The minimum atomic E-state index is -3.64. The average Bonchev–Trinajstić information content (AvgIpc) is 2.56. The van der Waals surface area contributed by atoms with Crippen LogP contribution < -0.4 is 14.4 Å². The molecule has 130 valence electrons. The predicted molar refractivity (Wildman–Crippen MR) is 98.8 cm³/mol. The smallest absolute Gasteiger partial charge is 0.278 e. The predicted octanol–water partition coefficient (Wildman–Crippen LogP) is 3.29. The van der Waals surface area contributed by atoms with E-state index in [-0.39, 0.29) is 12.4 Å². The number of nitrogens with one attached hydrogen (secondary N) is 1. The van der Waals surface area contributed by atoms with E-state index >= 15 is 0 Å². The van der Waals surface area contributed by atoms with Gasteiger partial charge in [0.25, 0.3) is 10.0 Å². The van der Waals surface area contributed by atoms with Crippen LogP contribution in [0, 0.1) is 0 Å². The molecule has 1 unspecified atom stereocenters. The van der Waals surface area contributed by atoms with Crippen molar-refractivity contribution in [2.24, 2.45) is 0 Å². The van der Waals surface area contributed by atoms with E-state index in [9.17, 15) is 8.42 Å². The normalized spacial score (nSPS) is 18.2. The molecule has 1 heterocycles. The van der Waals surface area contributed by atoms with Crippen molar-refractivity contribution in [3.05, 3.63) is 54.6 Å². The van der Waals surface area contributed by atoms with Crippen LogP contribution in [-0.4, -0.2) is 26.9 Å². The summed E-state index contributed by atoms with van der Waals surface area (Å²) >= 11 is 0. The molecule has 3 rings (SSSR count). The summed E-state index contributed by atoms with van der Waals surface area (Å²) in [6.45, 7) is 3.37. The summed E-state index contributed by atoms with van der Waals surface area (Å²) in [4.78, 5) is 0. The number of fused-ring (bicyclic) bond motifs is 1. The number of nitrogens with zero attached hydrogens (tertiary/aromatic N) is 1. The molecule has 1 atom stereocenters. The fraction of sp³-hybridized carbons (Fsp3) is 0.294. The van der Waals surface area contributed by atoms with Gasteiger partial charge in [0.2, 0.25) is 5.44 Å². The Morgan fingerprint density at radius 2 is 1.75 bits per heavy atom. The summed E-state index contributed by atoms with van der Waals surface area (Å²) < 4.78 is 33.3. The summed E-state index contributed by atoms with van der Waals surface area (Å²) in [5.41, 5.74) is 0.284. The minimum Gasteiger partial charge on any atom is -0.470 e. The topological polar surface area (TPSA) is 58.6 Å². The minimum absolute atomic E-state index is 0. The highest BCUT2D eigenvalue weighted by Crippen LogP contribution is 2.42. The van der Waals surface area contributed by atoms with Crippen molar-refractivity contribution >= 4 is 33.8 Å². The van der Waals surface area contributed by atoms with Gasteiger partial charge in [-0.1, -0.05) is 37.3 Å². The summed E-state index contributed by atoms with van der Waals surface area (Å²) in [5, 5.41) is 3.15. The summed E-state index contributed by atoms with van der Waals surface area (Å²) in [6.07, 6.45) is 0.397. The van der Waals surface area contributed by atoms with E-state index in [4.69, 9.17) is 4.74 Å². The molecule has 0 saturated heterocycles. The second kappa shape index (κ2) is 7.88. The van der Waals surface area contributed by atoms with Crippen molar-refractivity contribution in [2.75, 3.05) is 17.4 Å². The van der Waals surface area contributed by atoms with Crippen molar-refractivity contribution < 1.29 is 13.2 Å². The van der Waals surface area contributed by atoms with Crippen LogP contribution in [0.4, 0.5) is 11.4 Å². The molecule has 7 heteroatoms. The van der Waals surface area contributed by atoms with Crippen molar-refractivity contribution in [3.63, 3.8) is 0 Å². The van der Waals surface area contributed by atoms with E-state index in [2.05, 4.69) is 5.32 Å². The maximum Gasteiger partial charge on any atom is 0.278 e. The lowest BCUT2D eigenvalue weighted by atomic mass is 10.2. The largest absolute Gasteiger partial charge is 0.470 e. The lowest BCUT2D eigenvalue weighted by Crippen LogP contribution is -2.44. The van der Waals surface area contributed by atoms with E-state index in [0.717, 1.165) is 6.54 Å². The van der Waals surface area contributed by atoms with Crippen LogP contribution in [0.15, 0.2) is 54.6 Å². The van der Waals surface area contributed by atoms with Crippen LogP contribution in [0.3, 0.4) is 0 Å². The molecule has 0 aliphatic carbocycles. The highest BCUT2D eigenvalue weighted by atomic mass is 35.5. The molecule has 1 aliphatic heterocycles. The fourth-order valence-corrected chi connectivity index (χ4v) is 4.35. The Hall–Kier alpha value is -1.76. The number of sulfonamides is 1. The molecule has 2 aromatic carbocycles. The van der Waals surface area contributed by atoms with Crippen LogP contribution in [0.2, 0.25) is 0 Å². The molecular weight excluding hydrogens is 348 g/mol. The zero-order valence-electron chi connectivity index (χ0n) is 13.4. The Bertz CT molecular complexity index is 768. The van der Waals surface area contributed by atoms with Gasteiger partial charge in [-0.05, 0) is 37.4 Å². The van der Waals surface area contributed by atoms with Gasteiger partial charge in [0.05, 0.1) is 11.4 Å². The number of hydrogen-bond donors (Lipinski definition) is 1. The molecule has 1 aliphatic rings. The monoisotopic (exact) mass is 368 g/mol. The summed E-state index contributed by atoms with van der Waals surface area (Å²) in [7, 11) is -3.64. The van der Waals surface area contributed by atoms with Gasteiger partial charge in [0.15, 0.2) is 0 Å². The maximum atomic E-state index is 13.0. The molecular formula is C17H21ClN2O3S. The SMILES string of the molecule is CCNCCC1Oc2ccccc2N(c2ccccc2)S1(=O)=O.Cl. The van der Waals surface area contributed by atoms with Crippen LogP contribution in [0.25, 0.3) is 0 Å². The molecule has 0 radical (unpaired) electrons. The van der Waals surface area contributed by atoms with Crippen molar-refractivity contribution in [3.8, 4) is 5.75 Å². The second-order valence-corrected chi connectivity index (χ2v) is 7.22. The molecule has 1 N–H and O–H groups in total. The first-order valence-electron chi connectivity index (χ1n) is 7.70. The number of ether oxygens (including phenoxy) is 1. The van der Waals surface area contributed by atoms with Gasteiger partial charge in [0, 0.05) is 6.42 Å². The number of rotatable bonds is 5. The zero-order chi connectivity index (χ0) is 16.3. The van der Waals surface area contributed by atoms with E-state index in [1.54, 1.807) is 24.3 Å². The van der Waals surface area contributed by atoms with Gasteiger partial charge in [0.1, 0.15) is 5.75 Å². The first-order chi connectivity index (χ1) is 11.1. The lowest BCUT2D eigenvalue weighted by Gasteiger charge is -2.35. The number of halogens is 1. The average molecular weight is 369 g/mol. The Kier molecular flexibility index (Phi) is 6.10. The lowest BCUT2D eigenvalue weighted by molar-refractivity contribution is 0.257. The summed E-state index contributed by atoms with van der Waals surface area (Å²) in [6, 6.07) is 16.3. The molecule has 0 amide bonds. The second-order valence-electron chi connectivity index (χ2n) is 5.30. The highest BCUT2D eigenvalue weighted by Gasteiger charge is 2.40. The Morgan fingerprint density at radius 1 is 1.08 bits per heavy atom. The molecule has 5 nitrogen and oxygen atoms in total. The molecule has 0 spiro atoms. The van der Waals surface area contributed by atoms with Gasteiger partial charge in [-0.2, -0.15) is 0 Å². The van der Waals surface area contributed by atoms with Crippen LogP contribution in [0.5, 0.6) is 5.75 Å². The Morgan fingerprint density at radius 3 is 2.46 bits per heavy atom. The molecule has 0 fully saturated rings. The van der Waals surface area contributed by atoms with Crippen molar-refractivity contribution in [2.45, 2.75) is 18.8 Å². The maximum absolute atomic E-state index is 13.0. The number of benzene rings is 2. The van der Waals surface area contributed by atoms with E-state index in [0.29, 0.717) is 30.1 Å². The van der Waals surface area contributed by atoms with Gasteiger partial charge in [-0.3, -0.25) is 0 Å². The van der Waals surface area contributed by atoms with Gasteiger partial charge in [-0.25, -0.2) is 12.7 Å².